The molecule has 8 nitrogen and oxygen atoms in total. The maximum atomic E-state index is 12.3. The van der Waals surface area contributed by atoms with E-state index in [0.717, 1.165) is 6.41 Å². The number of aromatic nitrogens is 2. The number of hydrogen-bond acceptors (Lipinski definition) is 6. The van der Waals surface area contributed by atoms with Crippen LogP contribution >= 0.6 is 11.6 Å². The average molecular weight is 376 g/mol. The van der Waals surface area contributed by atoms with Crippen LogP contribution in [0.5, 0.6) is 5.75 Å². The number of piperazine rings is 1. The summed E-state index contributed by atoms with van der Waals surface area (Å²) < 4.78 is 5.08. The third kappa shape index (κ3) is 4.02. The molecule has 1 fully saturated rings. The van der Waals surface area contributed by atoms with E-state index >= 15 is 0 Å². The van der Waals surface area contributed by atoms with Crippen molar-refractivity contribution in [2.75, 3.05) is 43.5 Å². The molecule has 0 bridgehead atoms. The standard InChI is InChI=1S/C17H18ClN5O3/c1-26-15-4-2-12(10-13(15)18)19-17(25)14-3-5-16(21-20-14)23-8-6-22(11-24)7-9-23/h2-5,10-11H,6-9H2,1H3,(H,19,25). The highest BCUT2D eigenvalue weighted by atomic mass is 35.5. The van der Waals surface area contributed by atoms with Crippen molar-refractivity contribution < 1.29 is 14.3 Å². The summed E-state index contributed by atoms with van der Waals surface area (Å²) in [6, 6.07) is 8.34. The first-order valence-corrected chi connectivity index (χ1v) is 8.41. The van der Waals surface area contributed by atoms with Gasteiger partial charge in [0.2, 0.25) is 6.41 Å². The molecule has 1 aliphatic heterocycles. The summed E-state index contributed by atoms with van der Waals surface area (Å²) in [7, 11) is 1.52. The molecule has 1 aromatic carbocycles. The van der Waals surface area contributed by atoms with E-state index in [1.54, 1.807) is 35.2 Å². The molecule has 9 heteroatoms. The molecule has 26 heavy (non-hydrogen) atoms. The van der Waals surface area contributed by atoms with Crippen LogP contribution in [0.15, 0.2) is 30.3 Å². The summed E-state index contributed by atoms with van der Waals surface area (Å²) >= 11 is 6.05. The molecule has 0 radical (unpaired) electrons. The molecule has 1 aromatic heterocycles. The Kier molecular flexibility index (Phi) is 5.52. The predicted octanol–water partition coefficient (Wildman–Crippen LogP) is 1.67. The number of nitrogens with one attached hydrogen (secondary N) is 1. The Bertz CT molecular complexity index is 791. The van der Waals surface area contributed by atoms with Crippen LogP contribution in [0.4, 0.5) is 11.5 Å². The molecule has 0 unspecified atom stereocenters. The monoisotopic (exact) mass is 375 g/mol. The van der Waals surface area contributed by atoms with Crippen LogP contribution in [0.3, 0.4) is 0 Å². The van der Waals surface area contributed by atoms with Gasteiger partial charge in [-0.25, -0.2) is 0 Å². The molecule has 1 aliphatic rings. The summed E-state index contributed by atoms with van der Waals surface area (Å²) in [5.41, 5.74) is 0.740. The molecule has 0 atom stereocenters. The molecule has 3 rings (SSSR count). The summed E-state index contributed by atoms with van der Waals surface area (Å²) in [6.45, 7) is 2.66. The van der Waals surface area contributed by atoms with Crippen LogP contribution in [0.25, 0.3) is 0 Å². The highest BCUT2D eigenvalue weighted by Crippen LogP contribution is 2.27. The average Bonchev–Trinajstić information content (AvgIpc) is 2.68. The zero-order chi connectivity index (χ0) is 18.5. The van der Waals surface area contributed by atoms with Crippen LogP contribution in [-0.2, 0) is 4.79 Å². The highest BCUT2D eigenvalue weighted by molar-refractivity contribution is 6.32. The van der Waals surface area contributed by atoms with Gasteiger partial charge in [0.05, 0.1) is 12.1 Å². The second-order valence-electron chi connectivity index (χ2n) is 5.71. The summed E-state index contributed by atoms with van der Waals surface area (Å²) in [5, 5.41) is 11.2. The van der Waals surface area contributed by atoms with Crippen molar-refractivity contribution >= 4 is 35.4 Å². The van der Waals surface area contributed by atoms with E-state index < -0.39 is 0 Å². The number of halogens is 1. The van der Waals surface area contributed by atoms with Crippen LogP contribution in [0.2, 0.25) is 5.02 Å². The van der Waals surface area contributed by atoms with Gasteiger partial charge in [-0.3, -0.25) is 9.59 Å². The Balaban J connectivity index is 1.64. The molecule has 136 valence electrons. The summed E-state index contributed by atoms with van der Waals surface area (Å²) in [4.78, 5) is 26.8. The van der Waals surface area contributed by atoms with Gasteiger partial charge in [0.15, 0.2) is 11.5 Å². The van der Waals surface area contributed by atoms with Crippen LogP contribution in [0.1, 0.15) is 10.5 Å². The number of benzene rings is 1. The summed E-state index contributed by atoms with van der Waals surface area (Å²) in [6.07, 6.45) is 0.849. The third-order valence-corrected chi connectivity index (χ3v) is 4.38. The number of anilines is 2. The molecule has 2 heterocycles. The number of carbonyl (C=O) groups excluding carboxylic acids is 2. The van der Waals surface area contributed by atoms with Gasteiger partial charge in [-0.2, -0.15) is 0 Å². The minimum atomic E-state index is -0.379. The van der Waals surface area contributed by atoms with Gasteiger partial charge in [0, 0.05) is 31.9 Å². The smallest absolute Gasteiger partial charge is 0.276 e. The van der Waals surface area contributed by atoms with E-state index in [1.807, 2.05) is 4.90 Å². The molecular weight excluding hydrogens is 358 g/mol. The van der Waals surface area contributed by atoms with Gasteiger partial charge in [0.1, 0.15) is 5.75 Å². The lowest BCUT2D eigenvalue weighted by atomic mass is 10.2. The molecule has 0 spiro atoms. The van der Waals surface area contributed by atoms with Crippen LogP contribution < -0.4 is 15.0 Å². The Morgan fingerprint density at radius 3 is 2.54 bits per heavy atom. The highest BCUT2D eigenvalue weighted by Gasteiger charge is 2.18. The zero-order valence-electron chi connectivity index (χ0n) is 14.2. The molecule has 2 aromatic rings. The first-order chi connectivity index (χ1) is 12.6. The largest absolute Gasteiger partial charge is 0.495 e. The van der Waals surface area contributed by atoms with E-state index in [2.05, 4.69) is 15.5 Å². The lowest BCUT2D eigenvalue weighted by Crippen LogP contribution is -2.46. The number of amides is 2. The molecule has 1 saturated heterocycles. The number of nitrogens with zero attached hydrogens (tertiary/aromatic N) is 4. The van der Waals surface area contributed by atoms with E-state index in [0.29, 0.717) is 48.5 Å². The van der Waals surface area contributed by atoms with Crippen molar-refractivity contribution in [2.24, 2.45) is 0 Å². The molecule has 0 aliphatic carbocycles. The van der Waals surface area contributed by atoms with E-state index in [4.69, 9.17) is 16.3 Å². The normalized spacial score (nSPS) is 14.1. The second kappa shape index (κ2) is 8.01. The number of hydrogen-bond donors (Lipinski definition) is 1. The van der Waals surface area contributed by atoms with Gasteiger partial charge >= 0.3 is 0 Å². The first-order valence-electron chi connectivity index (χ1n) is 8.03. The Morgan fingerprint density at radius 2 is 1.96 bits per heavy atom. The maximum Gasteiger partial charge on any atom is 0.276 e. The quantitative estimate of drug-likeness (QED) is 0.800. The second-order valence-corrected chi connectivity index (χ2v) is 6.12. The molecule has 1 N–H and O–H groups in total. The van der Waals surface area contributed by atoms with Gasteiger partial charge < -0.3 is 19.9 Å². The Hall–Kier alpha value is -2.87. The first kappa shape index (κ1) is 17.9. The van der Waals surface area contributed by atoms with Crippen molar-refractivity contribution in [1.82, 2.24) is 15.1 Å². The maximum absolute atomic E-state index is 12.3. The van der Waals surface area contributed by atoms with Gasteiger partial charge in [-0.1, -0.05) is 11.6 Å². The van der Waals surface area contributed by atoms with E-state index in [1.165, 1.54) is 7.11 Å². The SMILES string of the molecule is COc1ccc(NC(=O)c2ccc(N3CCN(C=O)CC3)nn2)cc1Cl. The zero-order valence-corrected chi connectivity index (χ0v) is 14.9. The van der Waals surface area contributed by atoms with E-state index in [-0.39, 0.29) is 11.6 Å². The Morgan fingerprint density at radius 1 is 1.19 bits per heavy atom. The number of methoxy groups -OCH3 is 1. The number of carbonyl (C=O) groups is 2. The molecule has 0 saturated carbocycles. The Labute approximate surface area is 155 Å². The van der Waals surface area contributed by atoms with Crippen molar-refractivity contribution in [3.05, 3.63) is 41.0 Å². The van der Waals surface area contributed by atoms with Gasteiger partial charge in [-0.05, 0) is 30.3 Å². The summed E-state index contributed by atoms with van der Waals surface area (Å²) in [5.74, 6) is 0.833. The lowest BCUT2D eigenvalue weighted by Gasteiger charge is -2.32. The molecule has 2 amide bonds. The number of ether oxygens (including phenoxy) is 1. The van der Waals surface area contributed by atoms with E-state index in [9.17, 15) is 9.59 Å². The van der Waals surface area contributed by atoms with Crippen molar-refractivity contribution in [2.45, 2.75) is 0 Å². The van der Waals surface area contributed by atoms with Gasteiger partial charge in [-0.15, -0.1) is 10.2 Å². The minimum Gasteiger partial charge on any atom is -0.495 e. The fourth-order valence-electron chi connectivity index (χ4n) is 2.61. The lowest BCUT2D eigenvalue weighted by molar-refractivity contribution is -0.118. The van der Waals surface area contributed by atoms with Crippen molar-refractivity contribution in [1.29, 1.82) is 0 Å². The van der Waals surface area contributed by atoms with Crippen LogP contribution in [-0.4, -0.2) is 60.7 Å². The van der Waals surface area contributed by atoms with Crippen molar-refractivity contribution in [3.8, 4) is 5.75 Å². The van der Waals surface area contributed by atoms with Gasteiger partial charge in [0.25, 0.3) is 5.91 Å². The van der Waals surface area contributed by atoms with Crippen molar-refractivity contribution in [3.63, 3.8) is 0 Å². The third-order valence-electron chi connectivity index (χ3n) is 4.08. The fourth-order valence-corrected chi connectivity index (χ4v) is 2.87. The predicted molar refractivity (Wildman–Crippen MR) is 97.8 cm³/mol. The molecular formula is C17H18ClN5O3. The minimum absolute atomic E-state index is 0.201. The number of rotatable bonds is 5. The fraction of sp³-hybridized carbons (Fsp3) is 0.294. The topological polar surface area (TPSA) is 87.7 Å². The van der Waals surface area contributed by atoms with Crippen LogP contribution in [0, 0.1) is 0 Å².